The van der Waals surface area contributed by atoms with E-state index in [4.69, 9.17) is 4.74 Å². The van der Waals surface area contributed by atoms with Gasteiger partial charge in [0.25, 0.3) is 0 Å². The third-order valence-electron chi connectivity index (χ3n) is 3.12. The van der Waals surface area contributed by atoms with Crippen LogP contribution in [0.1, 0.15) is 20.7 Å². The lowest BCUT2D eigenvalue weighted by Crippen LogP contribution is -2.12. The quantitative estimate of drug-likeness (QED) is 0.767. The molecule has 2 aromatic rings. The molecule has 0 saturated heterocycles. The smallest absolute Gasteiger partial charge is 0.187 e. The summed E-state index contributed by atoms with van der Waals surface area (Å²) in [6, 6.07) is 9.08. The van der Waals surface area contributed by atoms with Crippen molar-refractivity contribution in [2.75, 3.05) is 7.11 Å². The zero-order chi connectivity index (χ0) is 12.7. The van der Waals surface area contributed by atoms with Crippen LogP contribution in [-0.2, 0) is 0 Å². The molecule has 88 valence electrons. The van der Waals surface area contributed by atoms with Gasteiger partial charge < -0.3 is 4.74 Å². The monoisotopic (exact) mass is 238 g/mol. The van der Waals surface area contributed by atoms with Crippen molar-refractivity contribution in [3.8, 4) is 5.75 Å². The standard InChI is InChI=1S/C15H10O3/c1-18-14-8-11-12(16)6-7-13(17)15(11)10-5-3-2-4-9(10)14/h2-8H,1H3. The lowest BCUT2D eigenvalue weighted by molar-refractivity contribution is 0.0995. The minimum atomic E-state index is -0.159. The maximum absolute atomic E-state index is 12.0. The van der Waals surface area contributed by atoms with Gasteiger partial charge in [0.05, 0.1) is 7.11 Å². The van der Waals surface area contributed by atoms with Crippen molar-refractivity contribution in [1.29, 1.82) is 0 Å². The molecule has 0 amide bonds. The summed E-state index contributed by atoms with van der Waals surface area (Å²) in [5.41, 5.74) is 0.886. The summed E-state index contributed by atoms with van der Waals surface area (Å²) in [5.74, 6) is 0.318. The minimum Gasteiger partial charge on any atom is -0.496 e. The third-order valence-corrected chi connectivity index (χ3v) is 3.12. The Bertz CT molecular complexity index is 711. The number of rotatable bonds is 1. The number of ether oxygens (including phenoxy) is 1. The van der Waals surface area contributed by atoms with Gasteiger partial charge in [0.15, 0.2) is 11.6 Å². The van der Waals surface area contributed by atoms with Crippen LogP contribution in [0.25, 0.3) is 10.8 Å². The van der Waals surface area contributed by atoms with Gasteiger partial charge in [-0.3, -0.25) is 9.59 Å². The fraction of sp³-hybridized carbons (Fsp3) is 0.0667. The van der Waals surface area contributed by atoms with Gasteiger partial charge in [0, 0.05) is 16.5 Å². The van der Waals surface area contributed by atoms with Crippen LogP contribution < -0.4 is 4.74 Å². The maximum Gasteiger partial charge on any atom is 0.187 e. The molecule has 0 heterocycles. The molecule has 3 nitrogen and oxygen atoms in total. The second-order valence-electron chi connectivity index (χ2n) is 4.11. The van der Waals surface area contributed by atoms with Crippen LogP contribution in [0.15, 0.2) is 42.5 Å². The topological polar surface area (TPSA) is 43.4 Å². The zero-order valence-corrected chi connectivity index (χ0v) is 9.77. The van der Waals surface area contributed by atoms with Crippen LogP contribution in [0.5, 0.6) is 5.75 Å². The van der Waals surface area contributed by atoms with Crippen LogP contribution in [-0.4, -0.2) is 18.7 Å². The predicted molar refractivity (Wildman–Crippen MR) is 68.3 cm³/mol. The Kier molecular flexibility index (Phi) is 2.27. The Morgan fingerprint density at radius 3 is 2.33 bits per heavy atom. The fourth-order valence-electron chi connectivity index (χ4n) is 2.30. The van der Waals surface area contributed by atoms with Gasteiger partial charge in [0.2, 0.25) is 0 Å². The van der Waals surface area contributed by atoms with Crippen LogP contribution in [0, 0.1) is 0 Å². The van der Waals surface area contributed by atoms with Gasteiger partial charge in [-0.1, -0.05) is 24.3 Å². The molecule has 0 radical (unpaired) electrons. The summed E-state index contributed by atoms with van der Waals surface area (Å²) in [5, 5.41) is 1.60. The summed E-state index contributed by atoms with van der Waals surface area (Å²) >= 11 is 0. The van der Waals surface area contributed by atoms with Gasteiger partial charge >= 0.3 is 0 Å². The Labute approximate surface area is 104 Å². The largest absolute Gasteiger partial charge is 0.496 e. The second-order valence-corrected chi connectivity index (χ2v) is 4.11. The average molecular weight is 238 g/mol. The highest BCUT2D eigenvalue weighted by atomic mass is 16.5. The molecule has 0 aromatic heterocycles. The second kappa shape index (κ2) is 3.81. The van der Waals surface area contributed by atoms with Gasteiger partial charge in [-0.15, -0.1) is 0 Å². The highest BCUT2D eigenvalue weighted by Gasteiger charge is 2.23. The first-order valence-corrected chi connectivity index (χ1v) is 5.59. The molecular formula is C15H10O3. The van der Waals surface area contributed by atoms with Crippen molar-refractivity contribution in [2.45, 2.75) is 0 Å². The maximum atomic E-state index is 12.0. The van der Waals surface area contributed by atoms with E-state index < -0.39 is 0 Å². The van der Waals surface area contributed by atoms with E-state index in [2.05, 4.69) is 0 Å². The molecular weight excluding hydrogens is 228 g/mol. The number of hydrogen-bond acceptors (Lipinski definition) is 3. The van der Waals surface area contributed by atoms with Crippen LogP contribution >= 0.6 is 0 Å². The van der Waals surface area contributed by atoms with Crippen molar-refractivity contribution in [1.82, 2.24) is 0 Å². The van der Waals surface area contributed by atoms with E-state index in [0.29, 0.717) is 16.9 Å². The molecule has 18 heavy (non-hydrogen) atoms. The van der Waals surface area contributed by atoms with Gasteiger partial charge in [-0.25, -0.2) is 0 Å². The summed E-state index contributed by atoms with van der Waals surface area (Å²) in [6.07, 6.45) is 2.63. The molecule has 0 bridgehead atoms. The molecule has 3 heteroatoms. The fourth-order valence-corrected chi connectivity index (χ4v) is 2.30. The molecule has 0 aliphatic heterocycles. The number of ketones is 2. The average Bonchev–Trinajstić information content (AvgIpc) is 2.41. The van der Waals surface area contributed by atoms with E-state index in [0.717, 1.165) is 10.8 Å². The molecule has 3 rings (SSSR count). The Morgan fingerprint density at radius 2 is 1.61 bits per heavy atom. The van der Waals surface area contributed by atoms with E-state index in [1.165, 1.54) is 12.2 Å². The molecule has 1 aliphatic rings. The van der Waals surface area contributed by atoms with Crippen LogP contribution in [0.4, 0.5) is 0 Å². The number of benzene rings is 2. The number of methoxy groups -OCH3 is 1. The van der Waals surface area contributed by atoms with E-state index in [1.54, 1.807) is 13.2 Å². The highest BCUT2D eigenvalue weighted by Crippen LogP contribution is 2.33. The van der Waals surface area contributed by atoms with Gasteiger partial charge in [-0.05, 0) is 23.6 Å². The zero-order valence-electron chi connectivity index (χ0n) is 9.77. The van der Waals surface area contributed by atoms with Crippen molar-refractivity contribution in [3.05, 3.63) is 53.6 Å². The van der Waals surface area contributed by atoms with E-state index >= 15 is 0 Å². The van der Waals surface area contributed by atoms with Crippen LogP contribution in [0.3, 0.4) is 0 Å². The Morgan fingerprint density at radius 1 is 0.944 bits per heavy atom. The molecule has 0 fully saturated rings. The lowest BCUT2D eigenvalue weighted by atomic mass is 9.89. The van der Waals surface area contributed by atoms with Crippen molar-refractivity contribution in [3.63, 3.8) is 0 Å². The van der Waals surface area contributed by atoms with Crippen LogP contribution in [0.2, 0.25) is 0 Å². The number of hydrogen-bond donors (Lipinski definition) is 0. The first-order valence-electron chi connectivity index (χ1n) is 5.59. The number of carbonyl (C=O) groups excluding carboxylic acids is 2. The van der Waals surface area contributed by atoms with Crippen molar-refractivity contribution >= 4 is 22.3 Å². The van der Waals surface area contributed by atoms with Gasteiger partial charge in [0.1, 0.15) is 5.75 Å². The molecule has 2 aromatic carbocycles. The van der Waals surface area contributed by atoms with E-state index in [-0.39, 0.29) is 11.6 Å². The van der Waals surface area contributed by atoms with Crippen molar-refractivity contribution < 1.29 is 14.3 Å². The molecule has 0 atom stereocenters. The SMILES string of the molecule is COc1cc2c(c3ccccc13)C(=O)C=CC2=O. The first kappa shape index (κ1) is 10.7. The van der Waals surface area contributed by atoms with Gasteiger partial charge in [-0.2, -0.15) is 0 Å². The Balaban J connectivity index is 2.49. The van der Waals surface area contributed by atoms with Crippen molar-refractivity contribution in [2.24, 2.45) is 0 Å². The highest BCUT2D eigenvalue weighted by molar-refractivity contribution is 6.27. The molecule has 0 saturated carbocycles. The summed E-state index contributed by atoms with van der Waals surface area (Å²) in [6.45, 7) is 0. The molecule has 0 unspecified atom stereocenters. The minimum absolute atomic E-state index is 0.136. The Hall–Kier alpha value is -2.42. The first-order chi connectivity index (χ1) is 8.72. The summed E-state index contributed by atoms with van der Waals surface area (Å²) in [4.78, 5) is 23.8. The third kappa shape index (κ3) is 1.37. The molecule has 0 spiro atoms. The number of fused-ring (bicyclic) bond motifs is 3. The summed E-state index contributed by atoms with van der Waals surface area (Å²) < 4.78 is 5.29. The van der Waals surface area contributed by atoms with E-state index in [9.17, 15) is 9.59 Å². The normalized spacial score (nSPS) is 13.8. The molecule has 0 N–H and O–H groups in total. The molecule has 1 aliphatic carbocycles. The number of allylic oxidation sites excluding steroid dienone is 2. The van der Waals surface area contributed by atoms with E-state index in [1.807, 2.05) is 24.3 Å². The number of carbonyl (C=O) groups is 2. The predicted octanol–water partition coefficient (Wildman–Crippen LogP) is 2.78. The lowest BCUT2D eigenvalue weighted by Gasteiger charge is -2.15. The summed E-state index contributed by atoms with van der Waals surface area (Å²) in [7, 11) is 1.55.